The molecule has 1 aromatic carbocycles. The van der Waals surface area contributed by atoms with Crippen LogP contribution in [0, 0.1) is 6.92 Å². The molecule has 24 heavy (non-hydrogen) atoms. The smallest absolute Gasteiger partial charge is 0.433 e. The zero-order chi connectivity index (χ0) is 17.5. The third-order valence-electron chi connectivity index (χ3n) is 3.22. The fourth-order valence-corrected chi connectivity index (χ4v) is 2.25. The molecule has 3 aromatic rings. The Kier molecular flexibility index (Phi) is 3.86. The van der Waals surface area contributed by atoms with Crippen LogP contribution in [0.3, 0.4) is 0 Å². The van der Waals surface area contributed by atoms with Crippen molar-refractivity contribution in [2.75, 3.05) is 0 Å². The van der Waals surface area contributed by atoms with Crippen LogP contribution in [0.15, 0.2) is 36.4 Å². The summed E-state index contributed by atoms with van der Waals surface area (Å²) in [6.45, 7) is -1.41. The van der Waals surface area contributed by atoms with Crippen LogP contribution >= 0.6 is 0 Å². The molecule has 0 fully saturated rings. The van der Waals surface area contributed by atoms with Crippen molar-refractivity contribution in [1.29, 1.82) is 0 Å². The lowest BCUT2D eigenvalue weighted by Gasteiger charge is -2.11. The topological polar surface area (TPSA) is 39.4 Å². The van der Waals surface area contributed by atoms with Crippen LogP contribution in [0.1, 0.15) is 11.4 Å². The molecule has 0 saturated heterocycles. The van der Waals surface area contributed by atoms with Gasteiger partial charge in [-0.25, -0.2) is 9.50 Å². The van der Waals surface area contributed by atoms with Crippen LogP contribution in [-0.4, -0.2) is 21.2 Å². The van der Waals surface area contributed by atoms with Crippen LogP contribution in [0.5, 0.6) is 5.75 Å². The molecule has 9 heteroatoms. The normalized spacial score (nSPS) is 12.1. The Morgan fingerprint density at radius 3 is 2.33 bits per heavy atom. The van der Waals surface area contributed by atoms with E-state index < -0.39 is 18.5 Å². The fraction of sp³-hybridized carbons (Fsp3) is 0.200. The largest absolute Gasteiger partial charge is 0.435 e. The molecule has 0 atom stereocenters. The summed E-state index contributed by atoms with van der Waals surface area (Å²) < 4.78 is 68.9. The molecule has 4 nitrogen and oxygen atoms in total. The molecule has 0 saturated carbocycles. The minimum atomic E-state index is -4.62. The summed E-state index contributed by atoms with van der Waals surface area (Å²) in [4.78, 5) is 4.14. The Morgan fingerprint density at radius 2 is 1.75 bits per heavy atom. The summed E-state index contributed by atoms with van der Waals surface area (Å²) >= 11 is 0. The average Bonchev–Trinajstić information content (AvgIpc) is 2.85. The van der Waals surface area contributed by atoms with Crippen molar-refractivity contribution in [1.82, 2.24) is 14.6 Å². The highest BCUT2D eigenvalue weighted by molar-refractivity contribution is 5.63. The number of fused-ring (bicyclic) bond motifs is 1. The van der Waals surface area contributed by atoms with Gasteiger partial charge in [-0.15, -0.1) is 0 Å². The summed E-state index contributed by atoms with van der Waals surface area (Å²) in [5.41, 5.74) is -0.138. The van der Waals surface area contributed by atoms with E-state index in [9.17, 15) is 22.0 Å². The first-order chi connectivity index (χ1) is 11.2. The van der Waals surface area contributed by atoms with Gasteiger partial charge in [0.2, 0.25) is 0 Å². The van der Waals surface area contributed by atoms with Gasteiger partial charge in [-0.1, -0.05) is 0 Å². The molecule has 126 valence electrons. The zero-order valence-electron chi connectivity index (χ0n) is 12.2. The van der Waals surface area contributed by atoms with Crippen LogP contribution < -0.4 is 4.74 Å². The number of ether oxygens (including phenoxy) is 1. The van der Waals surface area contributed by atoms with E-state index in [0.29, 0.717) is 11.3 Å². The number of aryl methyl sites for hydroxylation is 1. The van der Waals surface area contributed by atoms with Gasteiger partial charge in [-0.3, -0.25) is 0 Å². The molecule has 3 rings (SSSR count). The van der Waals surface area contributed by atoms with E-state index >= 15 is 0 Å². The number of benzene rings is 1. The number of halogens is 5. The number of nitrogens with zero attached hydrogens (tertiary/aromatic N) is 3. The van der Waals surface area contributed by atoms with E-state index in [1.165, 1.54) is 30.3 Å². The van der Waals surface area contributed by atoms with Gasteiger partial charge in [0.25, 0.3) is 0 Å². The molecule has 0 bridgehead atoms. The van der Waals surface area contributed by atoms with Crippen molar-refractivity contribution in [3.8, 4) is 17.0 Å². The Balaban J connectivity index is 2.09. The van der Waals surface area contributed by atoms with Crippen molar-refractivity contribution < 1.29 is 26.7 Å². The summed E-state index contributed by atoms with van der Waals surface area (Å²) in [5, 5.41) is 3.79. The molecule has 0 amide bonds. The van der Waals surface area contributed by atoms with Gasteiger partial charge in [0.05, 0.1) is 11.4 Å². The first kappa shape index (κ1) is 16.2. The quantitative estimate of drug-likeness (QED) is 0.665. The van der Waals surface area contributed by atoms with Gasteiger partial charge in [-0.05, 0) is 37.3 Å². The van der Waals surface area contributed by atoms with Crippen LogP contribution in [-0.2, 0) is 6.18 Å². The molecule has 0 N–H and O–H groups in total. The molecule has 0 radical (unpaired) electrons. The third kappa shape index (κ3) is 3.15. The standard InChI is InChI=1S/C15H10F5N3O/c1-8-6-13-21-11(7-12(15(18,19)20)23(13)22-8)9-2-4-10(5-3-9)24-14(16)17/h2-7,14H,1H3. The lowest BCUT2D eigenvalue weighted by atomic mass is 10.1. The van der Waals surface area contributed by atoms with Gasteiger partial charge >= 0.3 is 12.8 Å². The maximum absolute atomic E-state index is 13.2. The van der Waals surface area contributed by atoms with E-state index in [0.717, 1.165) is 10.6 Å². The SMILES string of the molecule is Cc1cc2nc(-c3ccc(OC(F)F)cc3)cc(C(F)(F)F)n2n1. The Morgan fingerprint density at radius 1 is 1.08 bits per heavy atom. The molecule has 2 aromatic heterocycles. The van der Waals surface area contributed by atoms with Gasteiger partial charge in [-0.2, -0.15) is 27.1 Å². The van der Waals surface area contributed by atoms with Crippen LogP contribution in [0.2, 0.25) is 0 Å². The molecule has 0 unspecified atom stereocenters. The van der Waals surface area contributed by atoms with E-state index in [4.69, 9.17) is 0 Å². The minimum Gasteiger partial charge on any atom is -0.435 e. The van der Waals surface area contributed by atoms with E-state index in [2.05, 4.69) is 14.8 Å². The molecule has 2 heterocycles. The second kappa shape index (κ2) is 5.73. The summed E-state index contributed by atoms with van der Waals surface area (Å²) in [6, 6.07) is 7.49. The minimum absolute atomic E-state index is 0.0465. The summed E-state index contributed by atoms with van der Waals surface area (Å²) in [7, 11) is 0. The maximum Gasteiger partial charge on any atom is 0.433 e. The molecule has 0 spiro atoms. The highest BCUT2D eigenvalue weighted by Gasteiger charge is 2.35. The Hall–Kier alpha value is -2.71. The Labute approximate surface area is 132 Å². The van der Waals surface area contributed by atoms with Gasteiger partial charge in [0, 0.05) is 11.6 Å². The lowest BCUT2D eigenvalue weighted by molar-refractivity contribution is -0.142. The van der Waals surface area contributed by atoms with E-state index in [-0.39, 0.29) is 17.1 Å². The number of rotatable bonds is 3. The number of aromatic nitrogens is 3. The zero-order valence-corrected chi connectivity index (χ0v) is 12.2. The molecular weight excluding hydrogens is 333 g/mol. The molecule has 0 aliphatic carbocycles. The first-order valence-electron chi connectivity index (χ1n) is 6.74. The summed E-state index contributed by atoms with van der Waals surface area (Å²) in [6.07, 6.45) is -4.62. The van der Waals surface area contributed by atoms with E-state index in [1.54, 1.807) is 6.92 Å². The number of hydrogen-bond donors (Lipinski definition) is 0. The molecular formula is C15H10F5N3O. The van der Waals surface area contributed by atoms with Crippen LogP contribution in [0.25, 0.3) is 16.9 Å². The van der Waals surface area contributed by atoms with Crippen molar-refractivity contribution in [2.24, 2.45) is 0 Å². The number of alkyl halides is 5. The average molecular weight is 343 g/mol. The van der Waals surface area contributed by atoms with Crippen molar-refractivity contribution in [2.45, 2.75) is 19.7 Å². The second-order valence-corrected chi connectivity index (χ2v) is 4.98. The van der Waals surface area contributed by atoms with Gasteiger partial charge < -0.3 is 4.74 Å². The highest BCUT2D eigenvalue weighted by atomic mass is 19.4. The second-order valence-electron chi connectivity index (χ2n) is 4.98. The van der Waals surface area contributed by atoms with Gasteiger partial charge in [0.15, 0.2) is 11.3 Å². The number of hydrogen-bond acceptors (Lipinski definition) is 3. The predicted molar refractivity (Wildman–Crippen MR) is 74.8 cm³/mol. The summed E-state index contributed by atoms with van der Waals surface area (Å²) in [5.74, 6) is -0.0916. The fourth-order valence-electron chi connectivity index (χ4n) is 2.25. The van der Waals surface area contributed by atoms with Crippen molar-refractivity contribution in [3.05, 3.63) is 47.8 Å². The van der Waals surface area contributed by atoms with Crippen molar-refractivity contribution in [3.63, 3.8) is 0 Å². The first-order valence-corrected chi connectivity index (χ1v) is 6.74. The Bertz CT molecular complexity index is 871. The predicted octanol–water partition coefficient (Wildman–Crippen LogP) is 4.32. The van der Waals surface area contributed by atoms with Crippen molar-refractivity contribution >= 4 is 5.65 Å². The molecule has 0 aliphatic heterocycles. The third-order valence-corrected chi connectivity index (χ3v) is 3.22. The van der Waals surface area contributed by atoms with E-state index in [1.807, 2.05) is 0 Å². The maximum atomic E-state index is 13.2. The molecule has 0 aliphatic rings. The highest BCUT2D eigenvalue weighted by Crippen LogP contribution is 2.32. The van der Waals surface area contributed by atoms with Crippen LogP contribution in [0.4, 0.5) is 22.0 Å². The lowest BCUT2D eigenvalue weighted by Crippen LogP contribution is -2.13. The van der Waals surface area contributed by atoms with Gasteiger partial charge in [0.1, 0.15) is 5.75 Å². The monoisotopic (exact) mass is 343 g/mol.